The Hall–Kier alpha value is -1.02. The topological polar surface area (TPSA) is 17.3 Å². The average molecular weight is 189 g/mol. The SMILES string of the molecule is Cc1ccc(N2CCC[N]CC2)cc1. The molecule has 1 aromatic carbocycles. The number of hydrogen-bond donors (Lipinski definition) is 0. The van der Waals surface area contributed by atoms with Gasteiger partial charge in [-0.1, -0.05) is 17.7 Å². The quantitative estimate of drug-likeness (QED) is 0.658. The van der Waals surface area contributed by atoms with E-state index in [0.717, 1.165) is 26.2 Å². The fraction of sp³-hybridized carbons (Fsp3) is 0.500. The maximum Gasteiger partial charge on any atom is 0.0366 e. The molecule has 0 aromatic heterocycles. The Labute approximate surface area is 85.9 Å². The van der Waals surface area contributed by atoms with Gasteiger partial charge in [0.25, 0.3) is 0 Å². The molecule has 0 bridgehead atoms. The van der Waals surface area contributed by atoms with Gasteiger partial charge in [-0.15, -0.1) is 0 Å². The molecule has 14 heavy (non-hydrogen) atoms. The Kier molecular flexibility index (Phi) is 3.04. The molecule has 0 amide bonds. The van der Waals surface area contributed by atoms with Crippen molar-refractivity contribution in [1.82, 2.24) is 5.32 Å². The highest BCUT2D eigenvalue weighted by molar-refractivity contribution is 5.47. The van der Waals surface area contributed by atoms with Crippen LogP contribution in [0.3, 0.4) is 0 Å². The van der Waals surface area contributed by atoms with Crippen molar-refractivity contribution in [3.05, 3.63) is 29.8 Å². The molecule has 0 aliphatic carbocycles. The van der Waals surface area contributed by atoms with Gasteiger partial charge in [0.1, 0.15) is 0 Å². The average Bonchev–Trinajstić information content (AvgIpc) is 2.47. The van der Waals surface area contributed by atoms with Gasteiger partial charge >= 0.3 is 0 Å². The Balaban J connectivity index is 2.08. The Morgan fingerprint density at radius 1 is 1.07 bits per heavy atom. The first-order valence-electron chi connectivity index (χ1n) is 5.31. The van der Waals surface area contributed by atoms with Crippen LogP contribution in [0.5, 0.6) is 0 Å². The maximum atomic E-state index is 4.42. The van der Waals surface area contributed by atoms with E-state index in [1.165, 1.54) is 17.7 Å². The highest BCUT2D eigenvalue weighted by Gasteiger charge is 2.08. The van der Waals surface area contributed by atoms with Crippen LogP contribution in [0.25, 0.3) is 0 Å². The lowest BCUT2D eigenvalue weighted by Crippen LogP contribution is -2.26. The van der Waals surface area contributed by atoms with Crippen LogP contribution >= 0.6 is 0 Å². The van der Waals surface area contributed by atoms with Crippen LogP contribution in [0.2, 0.25) is 0 Å². The molecule has 1 aliphatic heterocycles. The van der Waals surface area contributed by atoms with Crippen LogP contribution in [0.4, 0.5) is 5.69 Å². The zero-order chi connectivity index (χ0) is 9.80. The molecule has 1 heterocycles. The summed E-state index contributed by atoms with van der Waals surface area (Å²) in [5.41, 5.74) is 2.67. The molecule has 1 aliphatic rings. The van der Waals surface area contributed by atoms with Crippen LogP contribution in [-0.4, -0.2) is 26.2 Å². The largest absolute Gasteiger partial charge is 0.370 e. The Bertz CT molecular complexity index is 271. The molecule has 75 valence electrons. The predicted molar refractivity (Wildman–Crippen MR) is 59.9 cm³/mol. The molecule has 2 heteroatoms. The van der Waals surface area contributed by atoms with Gasteiger partial charge in [-0.3, -0.25) is 0 Å². The van der Waals surface area contributed by atoms with Gasteiger partial charge in [0.05, 0.1) is 0 Å². The molecule has 1 radical (unpaired) electrons. The van der Waals surface area contributed by atoms with E-state index in [9.17, 15) is 0 Å². The van der Waals surface area contributed by atoms with E-state index in [4.69, 9.17) is 0 Å². The molecule has 1 aromatic rings. The van der Waals surface area contributed by atoms with Gasteiger partial charge in [0.2, 0.25) is 0 Å². The van der Waals surface area contributed by atoms with Gasteiger partial charge in [-0.25, -0.2) is 5.32 Å². The maximum absolute atomic E-state index is 4.42. The zero-order valence-electron chi connectivity index (χ0n) is 8.74. The van der Waals surface area contributed by atoms with E-state index >= 15 is 0 Å². The molecular formula is C12H17N2. The molecular weight excluding hydrogens is 172 g/mol. The van der Waals surface area contributed by atoms with E-state index in [-0.39, 0.29) is 0 Å². The van der Waals surface area contributed by atoms with Gasteiger partial charge in [0.15, 0.2) is 0 Å². The van der Waals surface area contributed by atoms with Gasteiger partial charge in [-0.2, -0.15) is 0 Å². The predicted octanol–water partition coefficient (Wildman–Crippen LogP) is 1.81. The summed E-state index contributed by atoms with van der Waals surface area (Å²) in [6.45, 7) is 6.35. The lowest BCUT2D eigenvalue weighted by Gasteiger charge is -2.22. The smallest absolute Gasteiger partial charge is 0.0366 e. The van der Waals surface area contributed by atoms with Crippen LogP contribution in [0, 0.1) is 6.92 Å². The van der Waals surface area contributed by atoms with Crippen molar-refractivity contribution in [3.63, 3.8) is 0 Å². The monoisotopic (exact) mass is 189 g/mol. The van der Waals surface area contributed by atoms with Crippen molar-refractivity contribution >= 4 is 5.69 Å². The number of benzene rings is 1. The third-order valence-corrected chi connectivity index (χ3v) is 2.67. The van der Waals surface area contributed by atoms with Crippen molar-refractivity contribution in [3.8, 4) is 0 Å². The second-order valence-corrected chi connectivity index (χ2v) is 3.85. The third kappa shape index (κ3) is 2.26. The molecule has 0 unspecified atom stereocenters. The van der Waals surface area contributed by atoms with Crippen molar-refractivity contribution in [2.45, 2.75) is 13.3 Å². The second kappa shape index (κ2) is 4.47. The molecule has 0 N–H and O–H groups in total. The minimum Gasteiger partial charge on any atom is -0.370 e. The van der Waals surface area contributed by atoms with E-state index < -0.39 is 0 Å². The van der Waals surface area contributed by atoms with E-state index in [1.807, 2.05) is 0 Å². The molecule has 2 nitrogen and oxygen atoms in total. The Morgan fingerprint density at radius 3 is 2.64 bits per heavy atom. The normalized spacial score (nSPS) is 17.9. The van der Waals surface area contributed by atoms with E-state index in [1.54, 1.807) is 0 Å². The van der Waals surface area contributed by atoms with Crippen LogP contribution < -0.4 is 10.2 Å². The van der Waals surface area contributed by atoms with Gasteiger partial charge in [0, 0.05) is 31.9 Å². The van der Waals surface area contributed by atoms with Gasteiger partial charge < -0.3 is 4.90 Å². The summed E-state index contributed by atoms with van der Waals surface area (Å²) in [7, 11) is 0. The van der Waals surface area contributed by atoms with Gasteiger partial charge in [-0.05, 0) is 25.5 Å². The third-order valence-electron chi connectivity index (χ3n) is 2.67. The zero-order valence-corrected chi connectivity index (χ0v) is 8.74. The summed E-state index contributed by atoms with van der Waals surface area (Å²) >= 11 is 0. The standard InChI is InChI=1S/C12H17N2/c1-11-3-5-12(6-4-11)14-9-2-7-13-8-10-14/h3-6H,2,7-10H2,1H3. The summed E-state index contributed by atoms with van der Waals surface area (Å²) < 4.78 is 0. The molecule has 0 spiro atoms. The van der Waals surface area contributed by atoms with E-state index in [2.05, 4.69) is 41.4 Å². The number of rotatable bonds is 1. The highest BCUT2D eigenvalue weighted by atomic mass is 15.2. The fourth-order valence-electron chi connectivity index (χ4n) is 1.80. The van der Waals surface area contributed by atoms with Crippen molar-refractivity contribution in [2.24, 2.45) is 0 Å². The number of anilines is 1. The van der Waals surface area contributed by atoms with Crippen molar-refractivity contribution < 1.29 is 0 Å². The summed E-state index contributed by atoms with van der Waals surface area (Å²) in [6.07, 6.45) is 1.19. The second-order valence-electron chi connectivity index (χ2n) is 3.85. The van der Waals surface area contributed by atoms with Crippen LogP contribution in [0.1, 0.15) is 12.0 Å². The lowest BCUT2D eigenvalue weighted by molar-refractivity contribution is 0.709. The first kappa shape index (κ1) is 9.53. The van der Waals surface area contributed by atoms with Crippen molar-refractivity contribution in [1.29, 1.82) is 0 Å². The molecule has 1 saturated heterocycles. The van der Waals surface area contributed by atoms with Crippen molar-refractivity contribution in [2.75, 3.05) is 31.1 Å². The highest BCUT2D eigenvalue weighted by Crippen LogP contribution is 2.15. The first-order chi connectivity index (χ1) is 6.86. The number of hydrogen-bond acceptors (Lipinski definition) is 1. The minimum absolute atomic E-state index is 0.980. The van der Waals surface area contributed by atoms with Crippen LogP contribution in [-0.2, 0) is 0 Å². The van der Waals surface area contributed by atoms with Crippen LogP contribution in [0.15, 0.2) is 24.3 Å². The molecule has 2 rings (SSSR count). The molecule has 0 saturated carbocycles. The Morgan fingerprint density at radius 2 is 1.86 bits per heavy atom. The fourth-order valence-corrected chi connectivity index (χ4v) is 1.80. The summed E-state index contributed by atoms with van der Waals surface area (Å²) in [5.74, 6) is 0. The number of aryl methyl sites for hydroxylation is 1. The first-order valence-corrected chi connectivity index (χ1v) is 5.31. The van der Waals surface area contributed by atoms with E-state index in [0.29, 0.717) is 0 Å². The lowest BCUT2D eigenvalue weighted by atomic mass is 10.2. The number of nitrogens with zero attached hydrogens (tertiary/aromatic N) is 2. The molecule has 1 fully saturated rings. The summed E-state index contributed by atoms with van der Waals surface area (Å²) in [5, 5.41) is 4.42. The summed E-state index contributed by atoms with van der Waals surface area (Å²) in [4.78, 5) is 2.43. The minimum atomic E-state index is 0.980. The molecule has 0 atom stereocenters. The summed E-state index contributed by atoms with van der Waals surface area (Å²) in [6, 6.07) is 8.77.